The highest BCUT2D eigenvalue weighted by atomic mass is 15.0. The van der Waals surface area contributed by atoms with Gasteiger partial charge in [-0.3, -0.25) is 0 Å². The Hall–Kier alpha value is -5.19. The van der Waals surface area contributed by atoms with Gasteiger partial charge in [0.15, 0.2) is 0 Å². The molecule has 0 fully saturated rings. The summed E-state index contributed by atoms with van der Waals surface area (Å²) in [4.78, 5) is 4.40. The van der Waals surface area contributed by atoms with Gasteiger partial charge in [-0.25, -0.2) is 4.98 Å². The van der Waals surface area contributed by atoms with E-state index in [2.05, 4.69) is 70.2 Å². The molecule has 6 rings (SSSR count). The first-order valence-electron chi connectivity index (χ1n) is 11.3. The molecular formula is C31H18N4. The SMILES string of the molecule is N#Cc1ccc2c(c1)c1ccccc1n2-c1cccc(-c2ccc(-c3cccc(C#N)n3)cc2)c1. The summed E-state index contributed by atoms with van der Waals surface area (Å²) in [5.41, 5.74) is 8.26. The molecule has 0 bridgehead atoms. The first kappa shape index (κ1) is 20.4. The molecular weight excluding hydrogens is 428 g/mol. The van der Waals surface area contributed by atoms with Gasteiger partial charge in [0, 0.05) is 22.0 Å². The topological polar surface area (TPSA) is 65.4 Å². The highest BCUT2D eigenvalue weighted by molar-refractivity contribution is 6.09. The predicted molar refractivity (Wildman–Crippen MR) is 139 cm³/mol. The van der Waals surface area contributed by atoms with Gasteiger partial charge in [0.25, 0.3) is 0 Å². The van der Waals surface area contributed by atoms with E-state index >= 15 is 0 Å². The molecule has 4 aromatic carbocycles. The van der Waals surface area contributed by atoms with Crippen LogP contribution in [-0.4, -0.2) is 9.55 Å². The molecule has 0 unspecified atom stereocenters. The van der Waals surface area contributed by atoms with Crippen LogP contribution in [0.15, 0.2) is 109 Å². The molecule has 35 heavy (non-hydrogen) atoms. The lowest BCUT2D eigenvalue weighted by molar-refractivity contribution is 1.18. The Labute approximate surface area is 202 Å². The molecule has 6 aromatic rings. The summed E-state index contributed by atoms with van der Waals surface area (Å²) in [6.45, 7) is 0. The molecule has 0 aliphatic heterocycles. The zero-order chi connectivity index (χ0) is 23.8. The molecule has 0 amide bonds. The van der Waals surface area contributed by atoms with E-state index in [1.165, 1.54) is 0 Å². The Bertz CT molecular complexity index is 1810. The quantitative estimate of drug-likeness (QED) is 0.287. The maximum atomic E-state index is 9.40. The van der Waals surface area contributed by atoms with Crippen LogP contribution in [0.2, 0.25) is 0 Å². The minimum atomic E-state index is 0.410. The zero-order valence-electron chi connectivity index (χ0n) is 18.7. The highest BCUT2D eigenvalue weighted by Gasteiger charge is 2.13. The normalized spacial score (nSPS) is 10.8. The number of hydrogen-bond acceptors (Lipinski definition) is 3. The molecule has 0 aliphatic rings. The molecule has 0 N–H and O–H groups in total. The largest absolute Gasteiger partial charge is 0.309 e. The van der Waals surface area contributed by atoms with Gasteiger partial charge in [0.1, 0.15) is 11.8 Å². The van der Waals surface area contributed by atoms with E-state index in [9.17, 15) is 5.26 Å². The summed E-state index contributed by atoms with van der Waals surface area (Å²) in [7, 11) is 0. The van der Waals surface area contributed by atoms with Gasteiger partial charge < -0.3 is 4.57 Å². The summed E-state index contributed by atoms with van der Waals surface area (Å²) in [5.74, 6) is 0. The maximum absolute atomic E-state index is 9.40. The van der Waals surface area contributed by atoms with Crippen LogP contribution in [0.1, 0.15) is 11.3 Å². The van der Waals surface area contributed by atoms with Crippen LogP contribution in [0.4, 0.5) is 0 Å². The first-order chi connectivity index (χ1) is 17.2. The highest BCUT2D eigenvalue weighted by Crippen LogP contribution is 2.34. The second-order valence-electron chi connectivity index (χ2n) is 8.34. The number of pyridine rings is 1. The Balaban J connectivity index is 1.45. The third-order valence-electron chi connectivity index (χ3n) is 6.28. The van der Waals surface area contributed by atoms with Crippen molar-refractivity contribution in [1.29, 1.82) is 10.5 Å². The number of rotatable bonds is 3. The van der Waals surface area contributed by atoms with E-state index in [0.717, 1.165) is 49.9 Å². The predicted octanol–water partition coefficient (Wildman–Crippen LogP) is 7.26. The lowest BCUT2D eigenvalue weighted by Gasteiger charge is -2.11. The summed E-state index contributed by atoms with van der Waals surface area (Å²) >= 11 is 0. The monoisotopic (exact) mass is 446 g/mol. The van der Waals surface area contributed by atoms with Crippen molar-refractivity contribution < 1.29 is 0 Å². The second kappa shape index (κ2) is 8.30. The number of nitriles is 2. The van der Waals surface area contributed by atoms with Crippen molar-refractivity contribution in [2.24, 2.45) is 0 Å². The summed E-state index contributed by atoms with van der Waals surface area (Å²) < 4.78 is 2.25. The van der Waals surface area contributed by atoms with Crippen molar-refractivity contribution in [3.8, 4) is 40.2 Å². The lowest BCUT2D eigenvalue weighted by Crippen LogP contribution is -1.94. The van der Waals surface area contributed by atoms with E-state index in [4.69, 9.17) is 5.26 Å². The van der Waals surface area contributed by atoms with E-state index in [0.29, 0.717) is 11.3 Å². The zero-order valence-corrected chi connectivity index (χ0v) is 18.7. The van der Waals surface area contributed by atoms with Crippen LogP contribution in [-0.2, 0) is 0 Å². The van der Waals surface area contributed by atoms with Crippen molar-refractivity contribution in [3.63, 3.8) is 0 Å². The fraction of sp³-hybridized carbons (Fsp3) is 0. The van der Waals surface area contributed by atoms with Gasteiger partial charge in [-0.1, -0.05) is 60.7 Å². The molecule has 162 valence electrons. The van der Waals surface area contributed by atoms with Crippen molar-refractivity contribution in [2.45, 2.75) is 0 Å². The van der Waals surface area contributed by atoms with Gasteiger partial charge >= 0.3 is 0 Å². The summed E-state index contributed by atoms with van der Waals surface area (Å²) in [6.07, 6.45) is 0. The smallest absolute Gasteiger partial charge is 0.141 e. The van der Waals surface area contributed by atoms with Crippen LogP contribution in [0, 0.1) is 22.7 Å². The molecule has 0 aliphatic carbocycles. The molecule has 0 saturated carbocycles. The third kappa shape index (κ3) is 3.51. The molecule has 4 heteroatoms. The van der Waals surface area contributed by atoms with Crippen LogP contribution in [0.25, 0.3) is 49.9 Å². The van der Waals surface area contributed by atoms with Gasteiger partial charge in [-0.15, -0.1) is 0 Å². The fourth-order valence-electron chi connectivity index (χ4n) is 4.64. The number of aromatic nitrogens is 2. The van der Waals surface area contributed by atoms with Crippen LogP contribution < -0.4 is 0 Å². The third-order valence-corrected chi connectivity index (χ3v) is 6.28. The van der Waals surface area contributed by atoms with Crippen LogP contribution >= 0.6 is 0 Å². The average molecular weight is 447 g/mol. The van der Waals surface area contributed by atoms with E-state index in [-0.39, 0.29) is 0 Å². The molecule has 0 spiro atoms. The van der Waals surface area contributed by atoms with Gasteiger partial charge in [0.2, 0.25) is 0 Å². The van der Waals surface area contributed by atoms with Gasteiger partial charge in [0.05, 0.1) is 28.4 Å². The number of nitrogens with zero attached hydrogens (tertiary/aromatic N) is 4. The average Bonchev–Trinajstić information content (AvgIpc) is 3.27. The second-order valence-corrected chi connectivity index (χ2v) is 8.34. The molecule has 2 aromatic heterocycles. The number of hydrogen-bond donors (Lipinski definition) is 0. The summed E-state index contributed by atoms with van der Waals surface area (Å²) in [5, 5.41) is 20.7. The number of fused-ring (bicyclic) bond motifs is 3. The Morgan fingerprint density at radius 1 is 0.571 bits per heavy atom. The molecule has 4 nitrogen and oxygen atoms in total. The fourth-order valence-corrected chi connectivity index (χ4v) is 4.64. The van der Waals surface area contributed by atoms with Crippen LogP contribution in [0.5, 0.6) is 0 Å². The van der Waals surface area contributed by atoms with E-state index in [1.807, 2.05) is 54.6 Å². The Morgan fingerprint density at radius 2 is 1.34 bits per heavy atom. The minimum absolute atomic E-state index is 0.410. The van der Waals surface area contributed by atoms with Gasteiger partial charge in [-0.05, 0) is 59.7 Å². The van der Waals surface area contributed by atoms with Crippen molar-refractivity contribution in [3.05, 3.63) is 120 Å². The molecule has 0 atom stereocenters. The Kier molecular flexibility index (Phi) is 4.84. The number of para-hydroxylation sites is 1. The minimum Gasteiger partial charge on any atom is -0.309 e. The molecule has 2 heterocycles. The van der Waals surface area contributed by atoms with Crippen molar-refractivity contribution in [1.82, 2.24) is 9.55 Å². The molecule has 0 saturated heterocycles. The molecule has 0 radical (unpaired) electrons. The summed E-state index contributed by atoms with van der Waals surface area (Å²) in [6, 6.07) is 40.7. The van der Waals surface area contributed by atoms with Crippen molar-refractivity contribution >= 4 is 21.8 Å². The van der Waals surface area contributed by atoms with Gasteiger partial charge in [-0.2, -0.15) is 10.5 Å². The first-order valence-corrected chi connectivity index (χ1v) is 11.3. The maximum Gasteiger partial charge on any atom is 0.141 e. The van der Waals surface area contributed by atoms with Crippen molar-refractivity contribution in [2.75, 3.05) is 0 Å². The van der Waals surface area contributed by atoms with Crippen LogP contribution in [0.3, 0.4) is 0 Å². The van der Waals surface area contributed by atoms with E-state index < -0.39 is 0 Å². The van der Waals surface area contributed by atoms with E-state index in [1.54, 1.807) is 6.07 Å². The number of benzene rings is 4. The standard InChI is InChI=1S/C31H18N4/c32-19-21-11-16-31-28(17-21)27-8-1-2-10-30(27)35(31)26-7-3-5-24(18-26)22-12-14-23(15-13-22)29-9-4-6-25(20-33)34-29/h1-18H. The Morgan fingerprint density at radius 3 is 2.17 bits per heavy atom. The lowest BCUT2D eigenvalue weighted by atomic mass is 10.0.